The predicted molar refractivity (Wildman–Crippen MR) is 62.0 cm³/mol. The van der Waals surface area contributed by atoms with Gasteiger partial charge in [0.15, 0.2) is 0 Å². The molecule has 0 aromatic carbocycles. The largest absolute Gasteiger partial charge is 0.351 e. The molecule has 0 spiro atoms. The average molecular weight is 208 g/mol. The Morgan fingerprint density at radius 2 is 1.93 bits per heavy atom. The van der Waals surface area contributed by atoms with E-state index in [4.69, 9.17) is 0 Å². The van der Waals surface area contributed by atoms with Crippen LogP contribution in [0.1, 0.15) is 23.2 Å². The van der Waals surface area contributed by atoms with Gasteiger partial charge in [-0.15, -0.1) is 0 Å². The summed E-state index contributed by atoms with van der Waals surface area (Å²) in [5.74, 6) is 0.179. The lowest BCUT2D eigenvalue weighted by molar-refractivity contribution is -0.128. The summed E-state index contributed by atoms with van der Waals surface area (Å²) in [5.41, 5.74) is 3.89. The second-order valence-corrected chi connectivity index (χ2v) is 4.25. The Balaban J connectivity index is 2.66. The van der Waals surface area contributed by atoms with Crippen LogP contribution in [-0.4, -0.2) is 29.5 Å². The number of rotatable bonds is 3. The SMILES string of the molecule is Cc1cn(CCC(=O)N(C)C)c(C)c1C. The first-order valence-corrected chi connectivity index (χ1v) is 5.26. The second-order valence-electron chi connectivity index (χ2n) is 4.25. The molecule has 0 N–H and O–H groups in total. The number of carbonyl (C=O) groups excluding carboxylic acids is 1. The van der Waals surface area contributed by atoms with Crippen molar-refractivity contribution < 1.29 is 4.79 Å². The lowest BCUT2D eigenvalue weighted by Crippen LogP contribution is -2.22. The van der Waals surface area contributed by atoms with Gasteiger partial charge in [-0.25, -0.2) is 0 Å². The minimum Gasteiger partial charge on any atom is -0.351 e. The maximum Gasteiger partial charge on any atom is 0.223 e. The summed E-state index contributed by atoms with van der Waals surface area (Å²) in [6.07, 6.45) is 2.69. The molecule has 0 radical (unpaired) electrons. The first kappa shape index (κ1) is 11.8. The Hall–Kier alpha value is -1.25. The monoisotopic (exact) mass is 208 g/mol. The Kier molecular flexibility index (Phi) is 3.56. The van der Waals surface area contributed by atoms with E-state index < -0.39 is 0 Å². The van der Waals surface area contributed by atoms with Crippen molar-refractivity contribution in [3.63, 3.8) is 0 Å². The second kappa shape index (κ2) is 4.51. The molecule has 0 unspecified atom stereocenters. The zero-order valence-electron chi connectivity index (χ0n) is 10.3. The lowest BCUT2D eigenvalue weighted by atomic mass is 10.2. The zero-order valence-corrected chi connectivity index (χ0v) is 10.3. The standard InChI is InChI=1S/C12H20N2O/c1-9-8-14(11(3)10(9)2)7-6-12(15)13(4)5/h8H,6-7H2,1-5H3. The van der Waals surface area contributed by atoms with Gasteiger partial charge < -0.3 is 9.47 Å². The van der Waals surface area contributed by atoms with Crippen LogP contribution in [0.25, 0.3) is 0 Å². The van der Waals surface area contributed by atoms with E-state index in [1.807, 2.05) is 0 Å². The number of carbonyl (C=O) groups is 1. The smallest absolute Gasteiger partial charge is 0.223 e. The van der Waals surface area contributed by atoms with Crippen molar-refractivity contribution in [2.24, 2.45) is 0 Å². The molecule has 0 bridgehead atoms. The summed E-state index contributed by atoms with van der Waals surface area (Å²) >= 11 is 0. The molecule has 1 amide bonds. The fourth-order valence-corrected chi connectivity index (χ4v) is 1.60. The van der Waals surface area contributed by atoms with E-state index in [-0.39, 0.29) is 5.91 Å². The Morgan fingerprint density at radius 3 is 2.33 bits per heavy atom. The molecule has 0 saturated carbocycles. The van der Waals surface area contributed by atoms with Crippen LogP contribution in [0.5, 0.6) is 0 Å². The van der Waals surface area contributed by atoms with Crippen LogP contribution in [0.15, 0.2) is 6.20 Å². The number of hydrogen-bond acceptors (Lipinski definition) is 1. The van der Waals surface area contributed by atoms with E-state index in [0.717, 1.165) is 6.54 Å². The highest BCUT2D eigenvalue weighted by molar-refractivity contribution is 5.75. The molecule has 0 fully saturated rings. The number of amides is 1. The molecule has 0 atom stereocenters. The summed E-state index contributed by atoms with van der Waals surface area (Å²) < 4.78 is 2.16. The van der Waals surface area contributed by atoms with Crippen molar-refractivity contribution in [2.45, 2.75) is 33.7 Å². The van der Waals surface area contributed by atoms with Crippen molar-refractivity contribution in [2.75, 3.05) is 14.1 Å². The number of aryl methyl sites for hydroxylation is 2. The van der Waals surface area contributed by atoms with Crippen LogP contribution in [0, 0.1) is 20.8 Å². The Morgan fingerprint density at radius 1 is 1.33 bits per heavy atom. The molecule has 3 heteroatoms. The quantitative estimate of drug-likeness (QED) is 0.744. The number of hydrogen-bond donors (Lipinski definition) is 0. The zero-order chi connectivity index (χ0) is 11.6. The summed E-state index contributed by atoms with van der Waals surface area (Å²) in [4.78, 5) is 13.1. The van der Waals surface area contributed by atoms with Crippen LogP contribution in [0.2, 0.25) is 0 Å². The molecule has 1 aromatic heterocycles. The summed E-state index contributed by atoms with van der Waals surface area (Å²) in [6, 6.07) is 0. The highest BCUT2D eigenvalue weighted by Gasteiger charge is 2.08. The molecular formula is C12H20N2O. The summed E-state index contributed by atoms with van der Waals surface area (Å²) in [5, 5.41) is 0. The van der Waals surface area contributed by atoms with E-state index in [1.54, 1.807) is 19.0 Å². The van der Waals surface area contributed by atoms with Gasteiger partial charge in [-0.05, 0) is 31.9 Å². The molecule has 84 valence electrons. The van der Waals surface area contributed by atoms with Crippen molar-refractivity contribution >= 4 is 5.91 Å². The topological polar surface area (TPSA) is 25.2 Å². The van der Waals surface area contributed by atoms with Gasteiger partial charge in [0.05, 0.1) is 0 Å². The van der Waals surface area contributed by atoms with E-state index in [2.05, 4.69) is 31.5 Å². The summed E-state index contributed by atoms with van der Waals surface area (Å²) in [6.45, 7) is 7.10. The first-order valence-electron chi connectivity index (χ1n) is 5.26. The van der Waals surface area contributed by atoms with Crippen LogP contribution >= 0.6 is 0 Å². The van der Waals surface area contributed by atoms with Gasteiger partial charge in [-0.1, -0.05) is 0 Å². The maximum atomic E-state index is 11.4. The van der Waals surface area contributed by atoms with Crippen LogP contribution in [0.4, 0.5) is 0 Å². The molecule has 0 aliphatic heterocycles. The molecule has 0 aliphatic rings. The van der Waals surface area contributed by atoms with Gasteiger partial charge in [0.1, 0.15) is 0 Å². The molecule has 0 aliphatic carbocycles. The average Bonchev–Trinajstić information content (AvgIpc) is 2.42. The van der Waals surface area contributed by atoms with Gasteiger partial charge >= 0.3 is 0 Å². The van der Waals surface area contributed by atoms with Crippen LogP contribution in [0.3, 0.4) is 0 Å². The number of aromatic nitrogens is 1. The maximum absolute atomic E-state index is 11.4. The molecule has 1 heterocycles. The van der Waals surface area contributed by atoms with Crippen molar-refractivity contribution in [1.29, 1.82) is 0 Å². The van der Waals surface area contributed by atoms with E-state index in [9.17, 15) is 4.79 Å². The molecule has 3 nitrogen and oxygen atoms in total. The van der Waals surface area contributed by atoms with Gasteiger partial charge in [-0.3, -0.25) is 4.79 Å². The highest BCUT2D eigenvalue weighted by atomic mass is 16.2. The molecule has 0 saturated heterocycles. The third kappa shape index (κ3) is 2.61. The molecule has 1 aromatic rings. The minimum absolute atomic E-state index is 0.179. The van der Waals surface area contributed by atoms with Gasteiger partial charge in [0.2, 0.25) is 5.91 Å². The van der Waals surface area contributed by atoms with Gasteiger partial charge in [0, 0.05) is 39.0 Å². The minimum atomic E-state index is 0.179. The Bertz CT molecular complexity index is 364. The van der Waals surface area contributed by atoms with Crippen LogP contribution < -0.4 is 0 Å². The third-order valence-corrected chi connectivity index (χ3v) is 2.98. The van der Waals surface area contributed by atoms with E-state index in [1.165, 1.54) is 16.8 Å². The van der Waals surface area contributed by atoms with Crippen molar-refractivity contribution in [3.8, 4) is 0 Å². The molecule has 15 heavy (non-hydrogen) atoms. The fourth-order valence-electron chi connectivity index (χ4n) is 1.60. The molecule has 1 rings (SSSR count). The first-order chi connectivity index (χ1) is 6.93. The Labute approximate surface area is 91.7 Å². The van der Waals surface area contributed by atoms with E-state index in [0.29, 0.717) is 6.42 Å². The summed E-state index contributed by atoms with van der Waals surface area (Å²) in [7, 11) is 3.59. The normalized spacial score (nSPS) is 10.5. The number of nitrogens with zero attached hydrogens (tertiary/aromatic N) is 2. The van der Waals surface area contributed by atoms with Crippen molar-refractivity contribution in [3.05, 3.63) is 23.0 Å². The van der Waals surface area contributed by atoms with Gasteiger partial charge in [-0.2, -0.15) is 0 Å². The molecular weight excluding hydrogens is 188 g/mol. The van der Waals surface area contributed by atoms with E-state index >= 15 is 0 Å². The third-order valence-electron chi connectivity index (χ3n) is 2.98. The van der Waals surface area contributed by atoms with Gasteiger partial charge in [0.25, 0.3) is 0 Å². The lowest BCUT2D eigenvalue weighted by Gasteiger charge is -2.11. The highest BCUT2D eigenvalue weighted by Crippen LogP contribution is 2.14. The van der Waals surface area contributed by atoms with Crippen molar-refractivity contribution in [1.82, 2.24) is 9.47 Å². The predicted octanol–water partition coefficient (Wildman–Crippen LogP) is 1.89. The fraction of sp³-hybridized carbons (Fsp3) is 0.583. The van der Waals surface area contributed by atoms with Crippen LogP contribution in [-0.2, 0) is 11.3 Å².